The van der Waals surface area contributed by atoms with Crippen LogP contribution < -0.4 is 4.90 Å². The number of carbonyl (C=O) groups excluding carboxylic acids is 1. The molecular formula is C19H23ClN4O. The third-order valence-corrected chi connectivity index (χ3v) is 4.80. The smallest absolute Gasteiger partial charge is 0.225 e. The zero-order valence-corrected chi connectivity index (χ0v) is 15.6. The van der Waals surface area contributed by atoms with Crippen molar-refractivity contribution in [1.82, 2.24) is 14.9 Å². The van der Waals surface area contributed by atoms with Crippen molar-refractivity contribution in [3.8, 4) is 11.1 Å². The molecule has 1 fully saturated rings. The Bertz CT molecular complexity index is 761. The molecule has 1 saturated heterocycles. The predicted octanol–water partition coefficient (Wildman–Crippen LogP) is 3.94. The molecule has 3 rings (SSSR count). The molecule has 132 valence electrons. The van der Waals surface area contributed by atoms with Crippen LogP contribution >= 0.6 is 11.6 Å². The first-order chi connectivity index (χ1) is 12.0. The lowest BCUT2D eigenvalue weighted by molar-refractivity contribution is -0.131. The molecule has 1 atom stereocenters. The normalized spacial score (nSPS) is 17.0. The summed E-state index contributed by atoms with van der Waals surface area (Å²) < 4.78 is 0. The van der Waals surface area contributed by atoms with Crippen LogP contribution in [0.1, 0.15) is 37.9 Å². The second-order valence-corrected chi connectivity index (χ2v) is 6.91. The number of rotatable bonds is 4. The third-order valence-electron chi connectivity index (χ3n) is 4.55. The van der Waals surface area contributed by atoms with Crippen LogP contribution in [0.4, 0.5) is 5.95 Å². The number of aromatic nitrogens is 2. The molecule has 0 spiro atoms. The van der Waals surface area contributed by atoms with Crippen molar-refractivity contribution in [1.29, 1.82) is 0 Å². The van der Waals surface area contributed by atoms with Gasteiger partial charge >= 0.3 is 0 Å². The van der Waals surface area contributed by atoms with Crippen LogP contribution in [0.3, 0.4) is 0 Å². The zero-order chi connectivity index (χ0) is 18.0. The van der Waals surface area contributed by atoms with E-state index >= 15 is 0 Å². The van der Waals surface area contributed by atoms with Gasteiger partial charge in [-0.25, -0.2) is 9.97 Å². The molecule has 0 unspecified atom stereocenters. The predicted molar refractivity (Wildman–Crippen MR) is 101 cm³/mol. The Balaban J connectivity index is 2.10. The molecule has 5 nitrogen and oxygen atoms in total. The van der Waals surface area contributed by atoms with E-state index in [-0.39, 0.29) is 11.9 Å². The van der Waals surface area contributed by atoms with E-state index < -0.39 is 0 Å². The quantitative estimate of drug-likeness (QED) is 0.830. The fourth-order valence-electron chi connectivity index (χ4n) is 3.26. The summed E-state index contributed by atoms with van der Waals surface area (Å²) in [5, 5.41) is 0.694. The topological polar surface area (TPSA) is 49.3 Å². The number of hydrogen-bond donors (Lipinski definition) is 0. The van der Waals surface area contributed by atoms with E-state index in [0.717, 1.165) is 36.2 Å². The monoisotopic (exact) mass is 358 g/mol. The van der Waals surface area contributed by atoms with Crippen LogP contribution in [0.25, 0.3) is 11.1 Å². The molecule has 0 aliphatic carbocycles. The maximum atomic E-state index is 12.4. The van der Waals surface area contributed by atoms with Gasteiger partial charge in [0, 0.05) is 43.8 Å². The molecule has 0 bridgehead atoms. The van der Waals surface area contributed by atoms with Crippen molar-refractivity contribution < 1.29 is 4.79 Å². The Hall–Kier alpha value is -2.14. The van der Waals surface area contributed by atoms with Gasteiger partial charge in [-0.1, -0.05) is 30.7 Å². The maximum Gasteiger partial charge on any atom is 0.225 e. The summed E-state index contributed by atoms with van der Waals surface area (Å²) in [6.07, 6.45) is 4.29. The molecule has 1 aromatic carbocycles. The summed E-state index contributed by atoms with van der Waals surface area (Å²) in [6, 6.07) is 7.68. The van der Waals surface area contributed by atoms with Gasteiger partial charge in [0.25, 0.3) is 0 Å². The van der Waals surface area contributed by atoms with Gasteiger partial charge in [0.1, 0.15) is 0 Å². The number of hydrogen-bond acceptors (Lipinski definition) is 4. The Labute approximate surface area is 153 Å². The van der Waals surface area contributed by atoms with Crippen LogP contribution in [0, 0.1) is 0 Å². The second kappa shape index (κ2) is 7.40. The fourth-order valence-corrected chi connectivity index (χ4v) is 3.39. The van der Waals surface area contributed by atoms with Crippen molar-refractivity contribution in [2.24, 2.45) is 0 Å². The Kier molecular flexibility index (Phi) is 5.23. The highest BCUT2D eigenvalue weighted by Crippen LogP contribution is 2.37. The zero-order valence-electron chi connectivity index (χ0n) is 14.9. The van der Waals surface area contributed by atoms with Gasteiger partial charge in [-0.15, -0.1) is 0 Å². The van der Waals surface area contributed by atoms with E-state index in [4.69, 9.17) is 16.6 Å². The van der Waals surface area contributed by atoms with Gasteiger partial charge in [-0.2, -0.15) is 0 Å². The highest BCUT2D eigenvalue weighted by molar-refractivity contribution is 6.30. The van der Waals surface area contributed by atoms with Crippen LogP contribution in [0.5, 0.6) is 0 Å². The molecule has 2 aromatic rings. The van der Waals surface area contributed by atoms with Crippen molar-refractivity contribution in [2.75, 3.05) is 25.5 Å². The molecule has 6 heteroatoms. The molecule has 0 radical (unpaired) electrons. The summed E-state index contributed by atoms with van der Waals surface area (Å²) in [5.41, 5.74) is 2.89. The Morgan fingerprint density at radius 1 is 1.32 bits per heavy atom. The molecular weight excluding hydrogens is 336 g/mol. The number of anilines is 1. The number of nitrogens with zero attached hydrogens (tertiary/aromatic N) is 4. The van der Waals surface area contributed by atoms with Crippen molar-refractivity contribution in [3.05, 3.63) is 41.2 Å². The van der Waals surface area contributed by atoms with Crippen LogP contribution in [0.2, 0.25) is 5.02 Å². The van der Waals surface area contributed by atoms with Gasteiger partial charge in [0.05, 0.1) is 11.7 Å². The summed E-state index contributed by atoms with van der Waals surface area (Å²) >= 11 is 6.03. The van der Waals surface area contributed by atoms with E-state index in [1.54, 1.807) is 0 Å². The van der Waals surface area contributed by atoms with Crippen molar-refractivity contribution >= 4 is 23.5 Å². The molecule has 0 N–H and O–H groups in total. The van der Waals surface area contributed by atoms with E-state index in [0.29, 0.717) is 17.4 Å². The minimum atomic E-state index is -0.000159. The number of amides is 1. The number of halogens is 1. The summed E-state index contributed by atoms with van der Waals surface area (Å²) in [7, 11) is 3.84. The largest absolute Gasteiger partial charge is 0.347 e. The number of benzene rings is 1. The molecule has 1 aliphatic rings. The third kappa shape index (κ3) is 3.61. The van der Waals surface area contributed by atoms with Crippen molar-refractivity contribution in [2.45, 2.75) is 32.2 Å². The first kappa shape index (κ1) is 17.7. The summed E-state index contributed by atoms with van der Waals surface area (Å²) in [4.78, 5) is 25.5. The van der Waals surface area contributed by atoms with Gasteiger partial charge in [0.15, 0.2) is 0 Å². The lowest BCUT2D eigenvalue weighted by atomic mass is 10.00. The van der Waals surface area contributed by atoms with Gasteiger partial charge in [-0.05, 0) is 30.5 Å². The highest BCUT2D eigenvalue weighted by atomic mass is 35.5. The van der Waals surface area contributed by atoms with E-state index in [2.05, 4.69) is 4.98 Å². The molecule has 1 amide bonds. The molecule has 2 heterocycles. The summed E-state index contributed by atoms with van der Waals surface area (Å²) in [5.74, 6) is 0.832. The minimum Gasteiger partial charge on any atom is -0.347 e. The molecule has 1 aromatic heterocycles. The van der Waals surface area contributed by atoms with Crippen molar-refractivity contribution in [3.63, 3.8) is 0 Å². The van der Waals surface area contributed by atoms with Gasteiger partial charge in [-0.3, -0.25) is 4.79 Å². The maximum absolute atomic E-state index is 12.4. The average molecular weight is 359 g/mol. The first-order valence-corrected chi connectivity index (χ1v) is 8.98. The lowest BCUT2D eigenvalue weighted by Crippen LogP contribution is -2.31. The van der Waals surface area contributed by atoms with E-state index in [9.17, 15) is 4.79 Å². The minimum absolute atomic E-state index is 0.000159. The molecule has 0 saturated carbocycles. The molecule has 25 heavy (non-hydrogen) atoms. The molecule has 1 aliphatic heterocycles. The standard InChI is InChI=1S/C19H23ClN4O/c1-4-17(25)24-11-5-6-16(24)18-15(12-21-19(22-18)23(2)3)13-7-9-14(20)10-8-13/h7-10,12,16H,4-6,11H2,1-3H3/t16-/m0/s1. The Morgan fingerprint density at radius 2 is 2.04 bits per heavy atom. The number of carbonyl (C=O) groups is 1. The van der Waals surface area contributed by atoms with Crippen LogP contribution in [-0.4, -0.2) is 41.4 Å². The second-order valence-electron chi connectivity index (χ2n) is 6.47. The first-order valence-electron chi connectivity index (χ1n) is 8.61. The average Bonchev–Trinajstić information content (AvgIpc) is 3.11. The van der Waals surface area contributed by atoms with E-state index in [1.807, 2.05) is 61.3 Å². The summed E-state index contributed by atoms with van der Waals surface area (Å²) in [6.45, 7) is 2.70. The van der Waals surface area contributed by atoms with Crippen LogP contribution in [0.15, 0.2) is 30.5 Å². The lowest BCUT2D eigenvalue weighted by Gasteiger charge is -2.26. The fraction of sp³-hybridized carbons (Fsp3) is 0.421. The SMILES string of the molecule is CCC(=O)N1CCC[C@H]1c1nc(N(C)C)ncc1-c1ccc(Cl)cc1. The van der Waals surface area contributed by atoms with Gasteiger partial charge in [0.2, 0.25) is 11.9 Å². The van der Waals surface area contributed by atoms with E-state index in [1.165, 1.54) is 0 Å². The Morgan fingerprint density at radius 3 is 2.68 bits per heavy atom. The van der Waals surface area contributed by atoms with Gasteiger partial charge < -0.3 is 9.80 Å². The number of likely N-dealkylation sites (tertiary alicyclic amines) is 1. The van der Waals surface area contributed by atoms with Crippen LogP contribution in [-0.2, 0) is 4.79 Å². The highest BCUT2D eigenvalue weighted by Gasteiger charge is 2.32.